The molecule has 0 saturated heterocycles. The molecule has 4 heterocycles. The fourth-order valence-corrected chi connectivity index (χ4v) is 7.43. The van der Waals surface area contributed by atoms with E-state index in [1.54, 1.807) is 6.08 Å². The summed E-state index contributed by atoms with van der Waals surface area (Å²) < 4.78 is 0. The Balaban J connectivity index is 0.00000465. The van der Waals surface area contributed by atoms with Crippen molar-refractivity contribution in [3.63, 3.8) is 0 Å². The molecule has 2 aliphatic rings. The van der Waals surface area contributed by atoms with Crippen molar-refractivity contribution in [1.29, 1.82) is 0 Å². The van der Waals surface area contributed by atoms with Gasteiger partial charge in [0.25, 0.3) is 0 Å². The second kappa shape index (κ2) is 16.4. The SMILES string of the molecule is CCCC[C@](C1=N/C(=C(/c2ccccc2)c2ccc(/C(=C3/C=CC(=O)N3)c3ccccc3)[n-]2)C=C1)(c1ccccc1)c1ccc(C(=O)c2ccccc2)[n-]1.[Cu+2]. The first-order chi connectivity index (χ1) is 26.5. The minimum Gasteiger partial charge on any atom is -0.657 e. The second-order valence-electron chi connectivity index (χ2n) is 13.4. The van der Waals surface area contributed by atoms with Crippen LogP contribution in [0.15, 0.2) is 186 Å². The maximum atomic E-state index is 13.6. The van der Waals surface area contributed by atoms with E-state index in [9.17, 15) is 9.59 Å². The van der Waals surface area contributed by atoms with Crippen LogP contribution in [0, 0.1) is 0 Å². The maximum absolute atomic E-state index is 13.6. The quantitative estimate of drug-likeness (QED) is 0.0995. The van der Waals surface area contributed by atoms with Crippen LogP contribution >= 0.6 is 0 Å². The predicted octanol–water partition coefficient (Wildman–Crippen LogP) is 9.22. The molecule has 55 heavy (non-hydrogen) atoms. The summed E-state index contributed by atoms with van der Waals surface area (Å²) in [4.78, 5) is 41.7. The minimum atomic E-state index is -0.713. The van der Waals surface area contributed by atoms with Crippen LogP contribution in [0.4, 0.5) is 0 Å². The van der Waals surface area contributed by atoms with E-state index in [0.29, 0.717) is 17.0 Å². The van der Waals surface area contributed by atoms with Crippen molar-refractivity contribution in [2.45, 2.75) is 31.6 Å². The van der Waals surface area contributed by atoms with Crippen LogP contribution in [0.5, 0.6) is 0 Å². The number of hydrogen-bond donors (Lipinski definition) is 1. The molecule has 0 fully saturated rings. The number of hydrogen-bond acceptors (Lipinski definition) is 3. The van der Waals surface area contributed by atoms with Crippen LogP contribution in [0.25, 0.3) is 11.1 Å². The van der Waals surface area contributed by atoms with Gasteiger partial charge in [0.1, 0.15) is 0 Å². The van der Waals surface area contributed by atoms with Crippen molar-refractivity contribution in [3.8, 4) is 0 Å². The molecule has 0 bridgehead atoms. The molecule has 1 N–H and O–H groups in total. The zero-order chi connectivity index (χ0) is 36.9. The topological polar surface area (TPSA) is 86.7 Å². The van der Waals surface area contributed by atoms with Crippen molar-refractivity contribution in [2.24, 2.45) is 4.99 Å². The first-order valence-electron chi connectivity index (χ1n) is 18.3. The molecule has 8 rings (SSSR count). The van der Waals surface area contributed by atoms with E-state index in [1.165, 1.54) is 0 Å². The van der Waals surface area contributed by atoms with Crippen LogP contribution in [0.2, 0.25) is 0 Å². The van der Waals surface area contributed by atoms with E-state index in [-0.39, 0.29) is 28.8 Å². The zero-order valence-corrected chi connectivity index (χ0v) is 31.2. The molecule has 1 radical (unpaired) electrons. The van der Waals surface area contributed by atoms with Crippen molar-refractivity contribution >= 4 is 28.5 Å². The average molecular weight is 766 g/mol. The van der Waals surface area contributed by atoms with E-state index in [2.05, 4.69) is 60.8 Å². The number of amides is 1. The number of benzene rings is 4. The van der Waals surface area contributed by atoms with Gasteiger partial charge in [-0.1, -0.05) is 171 Å². The maximum Gasteiger partial charge on any atom is 2.00 e. The van der Waals surface area contributed by atoms with Gasteiger partial charge < -0.3 is 15.3 Å². The number of aliphatic imine (C=N–C) groups is 1. The van der Waals surface area contributed by atoms with Gasteiger partial charge >= 0.3 is 17.1 Å². The predicted molar refractivity (Wildman–Crippen MR) is 215 cm³/mol. The standard InChI is InChI=1S/C48H40N4O2.Cu/c1-2-3-32-48(36-22-14-7-15-23-36,43-30-27-41(51-43)47(54)35-20-12-6-13-21-35)42-29-26-39(50-42)45(33-16-8-4-9-17-33)37-24-25-38(49-37)46(34-18-10-5-11-19-34)40-28-31-44(53)52-40;/h4-31H,2-3,32H2,1H3,(H3,49,50,51,52,53,54);/q;+2/p-2/t48-;/m1./s1. The average Bonchev–Trinajstić information content (AvgIpc) is 4.07. The normalized spacial score (nSPS) is 16.2. The molecule has 6 aromatic rings. The summed E-state index contributed by atoms with van der Waals surface area (Å²) in [6.45, 7) is 2.19. The summed E-state index contributed by atoms with van der Waals surface area (Å²) in [5.41, 5.74) is 9.73. The number of nitrogens with one attached hydrogen (secondary N) is 1. The Bertz CT molecular complexity index is 2470. The number of carbonyl (C=O) groups excluding carboxylic acids is 2. The molecule has 273 valence electrons. The van der Waals surface area contributed by atoms with Gasteiger partial charge in [-0.25, -0.2) is 0 Å². The summed E-state index contributed by atoms with van der Waals surface area (Å²) >= 11 is 0. The Kier molecular flexibility index (Phi) is 11.0. The van der Waals surface area contributed by atoms with E-state index in [0.717, 1.165) is 75.6 Å². The molecule has 4 aromatic carbocycles. The molecule has 2 aliphatic heterocycles. The van der Waals surface area contributed by atoms with E-state index in [1.807, 2.05) is 115 Å². The number of carbonyl (C=O) groups is 2. The van der Waals surface area contributed by atoms with Crippen LogP contribution in [-0.4, -0.2) is 17.4 Å². The Morgan fingerprint density at radius 1 is 0.618 bits per heavy atom. The largest absolute Gasteiger partial charge is 2.00 e. The number of ketones is 1. The van der Waals surface area contributed by atoms with Gasteiger partial charge in [-0.15, -0.1) is 17.1 Å². The summed E-state index contributed by atoms with van der Waals surface area (Å²) in [7, 11) is 0. The molecular weight excluding hydrogens is 728 g/mol. The van der Waals surface area contributed by atoms with Crippen molar-refractivity contribution in [1.82, 2.24) is 15.3 Å². The number of nitrogens with zero attached hydrogens (tertiary/aromatic N) is 3. The number of unbranched alkanes of at least 4 members (excludes halogenated alkanes) is 1. The third kappa shape index (κ3) is 7.33. The van der Waals surface area contributed by atoms with Crippen LogP contribution in [-0.2, 0) is 27.3 Å². The van der Waals surface area contributed by atoms with Crippen molar-refractivity contribution in [2.75, 3.05) is 0 Å². The van der Waals surface area contributed by atoms with Gasteiger partial charge in [0.2, 0.25) is 5.91 Å². The number of rotatable bonds is 12. The summed E-state index contributed by atoms with van der Waals surface area (Å²) in [6, 6.07) is 47.8. The van der Waals surface area contributed by atoms with E-state index in [4.69, 9.17) is 15.0 Å². The number of allylic oxidation sites excluding steroid dienone is 3. The molecule has 7 heteroatoms. The molecule has 2 aromatic heterocycles. The zero-order valence-electron chi connectivity index (χ0n) is 30.2. The molecule has 1 amide bonds. The first-order valence-corrected chi connectivity index (χ1v) is 18.3. The Morgan fingerprint density at radius 3 is 1.78 bits per heavy atom. The summed E-state index contributed by atoms with van der Waals surface area (Å²) in [5.74, 6) is -0.262. The Morgan fingerprint density at radius 2 is 1.18 bits per heavy atom. The summed E-state index contributed by atoms with van der Waals surface area (Å²) in [5, 5.41) is 2.98. The molecule has 1 atom stereocenters. The molecule has 6 nitrogen and oxygen atoms in total. The third-order valence-corrected chi connectivity index (χ3v) is 10.1. The van der Waals surface area contributed by atoms with Gasteiger partial charge in [-0.3, -0.25) is 14.6 Å². The van der Waals surface area contributed by atoms with Gasteiger partial charge in [-0.05, 0) is 52.5 Å². The van der Waals surface area contributed by atoms with Gasteiger partial charge in [0.15, 0.2) is 5.78 Å². The van der Waals surface area contributed by atoms with Crippen molar-refractivity contribution in [3.05, 3.63) is 226 Å². The molecule has 0 saturated carbocycles. The minimum absolute atomic E-state index is 0. The van der Waals surface area contributed by atoms with E-state index >= 15 is 0 Å². The first kappa shape index (κ1) is 37.1. The molecular formula is C48H38CuN4O2. The smallest absolute Gasteiger partial charge is 0.657 e. The fraction of sp³-hybridized carbons (Fsp3) is 0.104. The Labute approximate surface area is 332 Å². The van der Waals surface area contributed by atoms with Gasteiger partial charge in [0.05, 0.1) is 11.4 Å². The van der Waals surface area contributed by atoms with Gasteiger partial charge in [-0.2, -0.15) is 0 Å². The fourth-order valence-electron chi connectivity index (χ4n) is 7.43. The van der Waals surface area contributed by atoms with Crippen LogP contribution in [0.3, 0.4) is 0 Å². The number of aromatic nitrogens is 2. The molecule has 0 unspecified atom stereocenters. The van der Waals surface area contributed by atoms with Crippen LogP contribution < -0.4 is 15.3 Å². The second-order valence-corrected chi connectivity index (χ2v) is 13.4. The molecule has 0 aliphatic carbocycles. The monoisotopic (exact) mass is 765 g/mol. The van der Waals surface area contributed by atoms with Crippen LogP contribution in [0.1, 0.15) is 76.0 Å². The third-order valence-electron chi connectivity index (χ3n) is 10.1. The Hall–Kier alpha value is -6.27. The molecule has 0 spiro atoms. The van der Waals surface area contributed by atoms with Gasteiger partial charge in [0, 0.05) is 22.8 Å². The van der Waals surface area contributed by atoms with E-state index < -0.39 is 5.41 Å². The summed E-state index contributed by atoms with van der Waals surface area (Å²) in [6.07, 6.45) is 10.2. The van der Waals surface area contributed by atoms with Crippen molar-refractivity contribution < 1.29 is 26.7 Å².